The molecule has 2 unspecified atom stereocenters. The van der Waals surface area contributed by atoms with E-state index in [2.05, 4.69) is 19.4 Å². The van der Waals surface area contributed by atoms with Crippen molar-refractivity contribution >= 4 is 0 Å². The summed E-state index contributed by atoms with van der Waals surface area (Å²) in [6, 6.07) is 2.40. The topological polar surface area (TPSA) is 23.8 Å². The number of unbranched alkanes of at least 4 members (excludes halogenated alkanes) is 1. The van der Waals surface area contributed by atoms with E-state index in [0.29, 0.717) is 0 Å². The van der Waals surface area contributed by atoms with Gasteiger partial charge in [-0.2, -0.15) is 5.26 Å². The highest BCUT2D eigenvalue weighted by Gasteiger charge is 2.30. The molecule has 0 aromatic heterocycles. The van der Waals surface area contributed by atoms with Gasteiger partial charge in [0.25, 0.3) is 0 Å². The molecule has 0 aliphatic heterocycles. The van der Waals surface area contributed by atoms with Crippen LogP contribution in [-0.2, 0) is 0 Å². The first-order valence-corrected chi connectivity index (χ1v) is 8.06. The second-order valence-electron chi connectivity index (χ2n) is 6.47. The van der Waals surface area contributed by atoms with E-state index in [-0.39, 0.29) is 5.92 Å². The van der Waals surface area contributed by atoms with Crippen LogP contribution in [0.15, 0.2) is 0 Å². The molecule has 2 atom stereocenters. The van der Waals surface area contributed by atoms with Crippen LogP contribution in [0.25, 0.3) is 0 Å². The minimum absolute atomic E-state index is 0.252. The zero-order valence-electron chi connectivity index (χ0n) is 11.9. The normalized spacial score (nSPS) is 37.1. The maximum atomic E-state index is 8.92. The summed E-state index contributed by atoms with van der Waals surface area (Å²) >= 11 is 0. The zero-order valence-corrected chi connectivity index (χ0v) is 11.9. The van der Waals surface area contributed by atoms with Crippen molar-refractivity contribution in [2.75, 3.05) is 0 Å². The summed E-state index contributed by atoms with van der Waals surface area (Å²) in [6.45, 7) is 2.30. The molecular weight excluding hydrogens is 218 g/mol. The van der Waals surface area contributed by atoms with Crippen LogP contribution >= 0.6 is 0 Å². The van der Waals surface area contributed by atoms with Crippen LogP contribution in [0.3, 0.4) is 0 Å². The minimum atomic E-state index is 0.252. The second-order valence-corrected chi connectivity index (χ2v) is 6.47. The fourth-order valence-electron chi connectivity index (χ4n) is 3.95. The third-order valence-electron chi connectivity index (χ3n) is 5.26. The highest BCUT2D eigenvalue weighted by molar-refractivity contribution is 4.98. The van der Waals surface area contributed by atoms with Crippen molar-refractivity contribution in [2.45, 2.75) is 71.1 Å². The fraction of sp³-hybridized carbons (Fsp3) is 0.882. The average Bonchev–Trinajstić information content (AvgIpc) is 2.46. The molecule has 1 radical (unpaired) electrons. The molecule has 1 heteroatoms. The Morgan fingerprint density at radius 2 is 1.78 bits per heavy atom. The lowest BCUT2D eigenvalue weighted by molar-refractivity contribution is 0.170. The van der Waals surface area contributed by atoms with E-state index < -0.39 is 0 Å². The van der Waals surface area contributed by atoms with Gasteiger partial charge in [-0.05, 0) is 56.3 Å². The maximum Gasteiger partial charge on any atom is 0.0658 e. The molecule has 0 aromatic rings. The molecule has 101 valence electrons. The summed E-state index contributed by atoms with van der Waals surface area (Å²) < 4.78 is 0. The first kappa shape index (κ1) is 13.9. The van der Waals surface area contributed by atoms with Gasteiger partial charge in [-0.25, -0.2) is 0 Å². The van der Waals surface area contributed by atoms with Gasteiger partial charge in [0, 0.05) is 5.92 Å². The van der Waals surface area contributed by atoms with Crippen molar-refractivity contribution in [3.8, 4) is 6.07 Å². The van der Waals surface area contributed by atoms with Gasteiger partial charge in [0.05, 0.1) is 6.07 Å². The Morgan fingerprint density at radius 3 is 2.33 bits per heavy atom. The lowest BCUT2D eigenvalue weighted by Crippen LogP contribution is -2.25. The van der Waals surface area contributed by atoms with Crippen LogP contribution in [0.5, 0.6) is 0 Å². The highest BCUT2D eigenvalue weighted by Crippen LogP contribution is 2.41. The molecule has 0 N–H and O–H groups in total. The standard InChI is InChI=1S/C17H28N/c1-2-3-4-14-5-9-16(10-6-14)17-11-7-15(13-18)8-12-17/h7,14-17H,2-6,8-12H2,1H3. The third kappa shape index (κ3) is 3.74. The number of hydrogen-bond donors (Lipinski definition) is 0. The van der Waals surface area contributed by atoms with E-state index in [1.165, 1.54) is 57.8 Å². The Bertz CT molecular complexity index is 262. The lowest BCUT2D eigenvalue weighted by atomic mass is 9.69. The predicted octanol–water partition coefficient (Wildman–Crippen LogP) is 5.13. The molecule has 0 spiro atoms. The molecule has 2 rings (SSSR count). The van der Waals surface area contributed by atoms with E-state index in [9.17, 15) is 0 Å². The van der Waals surface area contributed by atoms with Crippen molar-refractivity contribution in [1.82, 2.24) is 0 Å². The summed E-state index contributed by atoms with van der Waals surface area (Å²) in [5, 5.41) is 8.92. The van der Waals surface area contributed by atoms with Crippen LogP contribution < -0.4 is 0 Å². The monoisotopic (exact) mass is 246 g/mol. The second kappa shape index (κ2) is 7.17. The van der Waals surface area contributed by atoms with Gasteiger partial charge in [0.1, 0.15) is 0 Å². The summed E-state index contributed by atoms with van der Waals surface area (Å²) in [6.07, 6.45) is 16.1. The van der Waals surface area contributed by atoms with Gasteiger partial charge in [0.2, 0.25) is 0 Å². The molecule has 18 heavy (non-hydrogen) atoms. The first-order valence-electron chi connectivity index (χ1n) is 8.06. The first-order chi connectivity index (χ1) is 8.83. The minimum Gasteiger partial charge on any atom is -0.198 e. The molecule has 0 bridgehead atoms. The summed E-state index contributed by atoms with van der Waals surface area (Å²) in [5.41, 5.74) is 0. The largest absolute Gasteiger partial charge is 0.198 e. The van der Waals surface area contributed by atoms with E-state index in [1.54, 1.807) is 0 Å². The number of rotatable bonds is 4. The Hall–Kier alpha value is -0.510. The van der Waals surface area contributed by atoms with Gasteiger partial charge < -0.3 is 0 Å². The quantitative estimate of drug-likeness (QED) is 0.675. The average molecular weight is 246 g/mol. The molecule has 0 aromatic carbocycles. The van der Waals surface area contributed by atoms with Gasteiger partial charge in [0.15, 0.2) is 0 Å². The van der Waals surface area contributed by atoms with Crippen molar-refractivity contribution in [3.05, 3.63) is 6.42 Å². The number of nitriles is 1. The number of hydrogen-bond acceptors (Lipinski definition) is 1. The van der Waals surface area contributed by atoms with Crippen LogP contribution in [0, 0.1) is 41.4 Å². The SMILES string of the molecule is CCCCC1CCC(C2C[CH]C(C#N)CC2)CC1. The van der Waals surface area contributed by atoms with Crippen LogP contribution in [0.1, 0.15) is 71.1 Å². The Morgan fingerprint density at radius 1 is 1.06 bits per heavy atom. The molecule has 2 saturated carbocycles. The van der Waals surface area contributed by atoms with E-state index in [4.69, 9.17) is 5.26 Å². The summed E-state index contributed by atoms with van der Waals surface area (Å²) in [4.78, 5) is 0. The third-order valence-corrected chi connectivity index (χ3v) is 5.26. The molecule has 0 amide bonds. The predicted molar refractivity (Wildman–Crippen MR) is 75.7 cm³/mol. The Kier molecular flexibility index (Phi) is 5.54. The molecule has 0 heterocycles. The van der Waals surface area contributed by atoms with Gasteiger partial charge >= 0.3 is 0 Å². The zero-order chi connectivity index (χ0) is 12.8. The van der Waals surface area contributed by atoms with E-state index >= 15 is 0 Å². The molecule has 0 saturated heterocycles. The van der Waals surface area contributed by atoms with Crippen molar-refractivity contribution < 1.29 is 0 Å². The molecule has 1 nitrogen and oxygen atoms in total. The molecular formula is C17H28N. The van der Waals surface area contributed by atoms with Gasteiger partial charge in [-0.15, -0.1) is 0 Å². The molecule has 2 aliphatic carbocycles. The van der Waals surface area contributed by atoms with E-state index in [0.717, 1.165) is 24.2 Å². The Labute approximate surface area is 113 Å². The van der Waals surface area contributed by atoms with Crippen LogP contribution in [0.2, 0.25) is 0 Å². The molecule has 2 aliphatic rings. The summed E-state index contributed by atoms with van der Waals surface area (Å²) in [5.74, 6) is 3.16. The van der Waals surface area contributed by atoms with Crippen molar-refractivity contribution in [1.29, 1.82) is 5.26 Å². The van der Waals surface area contributed by atoms with Gasteiger partial charge in [-0.1, -0.05) is 39.0 Å². The molecule has 2 fully saturated rings. The van der Waals surface area contributed by atoms with Crippen LogP contribution in [0.4, 0.5) is 0 Å². The van der Waals surface area contributed by atoms with E-state index in [1.807, 2.05) is 0 Å². The lowest BCUT2D eigenvalue weighted by Gasteiger charge is -2.36. The van der Waals surface area contributed by atoms with Crippen molar-refractivity contribution in [3.63, 3.8) is 0 Å². The Balaban J connectivity index is 1.69. The maximum absolute atomic E-state index is 8.92. The van der Waals surface area contributed by atoms with Gasteiger partial charge in [-0.3, -0.25) is 0 Å². The van der Waals surface area contributed by atoms with Crippen LogP contribution in [-0.4, -0.2) is 0 Å². The van der Waals surface area contributed by atoms with Crippen molar-refractivity contribution in [2.24, 2.45) is 23.7 Å². The highest BCUT2D eigenvalue weighted by atomic mass is 14.4. The fourth-order valence-corrected chi connectivity index (χ4v) is 3.95. The number of nitrogens with zero attached hydrogens (tertiary/aromatic N) is 1. The smallest absolute Gasteiger partial charge is 0.0658 e. The summed E-state index contributed by atoms with van der Waals surface area (Å²) in [7, 11) is 0.